The van der Waals surface area contributed by atoms with Gasteiger partial charge in [-0.2, -0.15) is 0 Å². The summed E-state index contributed by atoms with van der Waals surface area (Å²) < 4.78 is 25.9. The first-order chi connectivity index (χ1) is 7.54. The summed E-state index contributed by atoms with van der Waals surface area (Å²) in [6.45, 7) is -0.177. The lowest BCUT2D eigenvalue weighted by atomic mass is 10.2. The van der Waals surface area contributed by atoms with Crippen LogP contribution in [0.15, 0.2) is 18.2 Å². The number of anilines is 1. The molecule has 84 valence electrons. The summed E-state index contributed by atoms with van der Waals surface area (Å²) in [6.07, 6.45) is 0. The highest BCUT2D eigenvalue weighted by Gasteiger charge is 2.23. The molecule has 1 aliphatic rings. The van der Waals surface area contributed by atoms with Crippen LogP contribution in [0.25, 0.3) is 0 Å². The van der Waals surface area contributed by atoms with Crippen LogP contribution in [0.2, 0.25) is 0 Å². The van der Waals surface area contributed by atoms with Crippen LogP contribution >= 0.6 is 0 Å². The maximum Gasteiger partial charge on any atom is 0.246 e. The Labute approximate surface area is 89.8 Å². The Morgan fingerprint density at radius 3 is 2.00 bits per heavy atom. The van der Waals surface area contributed by atoms with E-state index in [1.165, 1.54) is 4.90 Å². The molecule has 0 saturated carbocycles. The number of nitrogens with zero attached hydrogens (tertiary/aromatic N) is 1. The number of benzene rings is 1. The normalized spacial score (nSPS) is 16.2. The number of carbonyl (C=O) groups is 2. The van der Waals surface area contributed by atoms with Gasteiger partial charge in [-0.15, -0.1) is 0 Å². The predicted molar refractivity (Wildman–Crippen MR) is 51.7 cm³/mol. The van der Waals surface area contributed by atoms with E-state index in [0.717, 1.165) is 18.2 Å². The lowest BCUT2D eigenvalue weighted by Gasteiger charge is -2.27. The molecule has 1 aromatic carbocycles. The van der Waals surface area contributed by atoms with Crippen molar-refractivity contribution < 1.29 is 18.4 Å². The van der Waals surface area contributed by atoms with E-state index in [9.17, 15) is 18.4 Å². The highest BCUT2D eigenvalue weighted by molar-refractivity contribution is 6.02. The maximum atomic E-state index is 12.9. The highest BCUT2D eigenvalue weighted by atomic mass is 19.1. The predicted octanol–water partition coefficient (Wildman–Crippen LogP) is 0.428. The molecule has 0 unspecified atom stereocenters. The van der Waals surface area contributed by atoms with Crippen molar-refractivity contribution in [1.29, 1.82) is 0 Å². The summed E-state index contributed by atoms with van der Waals surface area (Å²) in [6, 6.07) is 2.89. The van der Waals surface area contributed by atoms with Crippen molar-refractivity contribution in [3.63, 3.8) is 0 Å². The van der Waals surface area contributed by atoms with Gasteiger partial charge in [-0.3, -0.25) is 14.9 Å². The Hall–Kier alpha value is -1.98. The lowest BCUT2D eigenvalue weighted by molar-refractivity contribution is -0.130. The van der Waals surface area contributed by atoms with Crippen LogP contribution in [0.4, 0.5) is 14.5 Å². The molecule has 2 rings (SSSR count). The van der Waals surface area contributed by atoms with Gasteiger partial charge in [0.15, 0.2) is 0 Å². The monoisotopic (exact) mass is 226 g/mol. The second-order valence-electron chi connectivity index (χ2n) is 3.46. The van der Waals surface area contributed by atoms with Crippen LogP contribution < -0.4 is 10.2 Å². The minimum Gasteiger partial charge on any atom is -0.353 e. The molecule has 1 heterocycles. The molecule has 1 N–H and O–H groups in total. The SMILES string of the molecule is O=C1CN(c2cc(F)cc(F)c2)CC(=O)N1. The molecule has 1 aliphatic heterocycles. The molecule has 4 nitrogen and oxygen atoms in total. The number of carbonyl (C=O) groups excluding carboxylic acids is 2. The molecule has 0 bridgehead atoms. The fraction of sp³-hybridized carbons (Fsp3) is 0.200. The van der Waals surface area contributed by atoms with Crippen molar-refractivity contribution in [3.8, 4) is 0 Å². The molecular weight excluding hydrogens is 218 g/mol. The average molecular weight is 226 g/mol. The molecule has 0 aromatic heterocycles. The maximum absolute atomic E-state index is 12.9. The quantitative estimate of drug-likeness (QED) is 0.706. The van der Waals surface area contributed by atoms with Crippen LogP contribution in [0, 0.1) is 11.6 Å². The second-order valence-corrected chi connectivity index (χ2v) is 3.46. The van der Waals surface area contributed by atoms with Gasteiger partial charge in [0.25, 0.3) is 0 Å². The third-order valence-corrected chi connectivity index (χ3v) is 2.16. The van der Waals surface area contributed by atoms with Crippen molar-refractivity contribution in [1.82, 2.24) is 5.32 Å². The molecule has 0 aliphatic carbocycles. The molecule has 0 spiro atoms. The van der Waals surface area contributed by atoms with Gasteiger partial charge in [-0.1, -0.05) is 0 Å². The van der Waals surface area contributed by atoms with Gasteiger partial charge in [-0.25, -0.2) is 8.78 Å². The summed E-state index contributed by atoms with van der Waals surface area (Å²) in [5.41, 5.74) is 0.181. The zero-order chi connectivity index (χ0) is 11.7. The van der Waals surface area contributed by atoms with Gasteiger partial charge in [0.05, 0.1) is 13.1 Å². The smallest absolute Gasteiger partial charge is 0.246 e. The molecule has 16 heavy (non-hydrogen) atoms. The molecular formula is C10H8F2N2O2. The Morgan fingerprint density at radius 2 is 1.50 bits per heavy atom. The standard InChI is InChI=1S/C10H8F2N2O2/c11-6-1-7(12)3-8(2-6)14-4-9(15)13-10(16)5-14/h1-3H,4-5H2,(H,13,15,16). The van der Waals surface area contributed by atoms with E-state index in [1.54, 1.807) is 0 Å². The van der Waals surface area contributed by atoms with Crippen molar-refractivity contribution in [2.24, 2.45) is 0 Å². The van der Waals surface area contributed by atoms with E-state index < -0.39 is 23.4 Å². The van der Waals surface area contributed by atoms with Gasteiger partial charge in [0.2, 0.25) is 11.8 Å². The van der Waals surface area contributed by atoms with Crippen LogP contribution in [0.1, 0.15) is 0 Å². The van der Waals surface area contributed by atoms with Gasteiger partial charge in [0, 0.05) is 11.8 Å². The number of piperazine rings is 1. The number of hydrogen-bond acceptors (Lipinski definition) is 3. The molecule has 1 aromatic rings. The Balaban J connectivity index is 2.29. The molecule has 1 saturated heterocycles. The summed E-state index contributed by atoms with van der Waals surface area (Å²) in [4.78, 5) is 23.4. The van der Waals surface area contributed by atoms with Gasteiger partial charge in [0.1, 0.15) is 11.6 Å². The van der Waals surface area contributed by atoms with Gasteiger partial charge < -0.3 is 4.90 Å². The lowest BCUT2D eigenvalue weighted by Crippen LogP contribution is -2.51. The first-order valence-electron chi connectivity index (χ1n) is 4.58. The fourth-order valence-electron chi connectivity index (χ4n) is 1.54. The Morgan fingerprint density at radius 1 is 1.00 bits per heavy atom. The van der Waals surface area contributed by atoms with Crippen molar-refractivity contribution >= 4 is 17.5 Å². The summed E-state index contributed by atoms with van der Waals surface area (Å²) >= 11 is 0. The van der Waals surface area contributed by atoms with E-state index >= 15 is 0 Å². The first-order valence-corrected chi connectivity index (χ1v) is 4.58. The highest BCUT2D eigenvalue weighted by Crippen LogP contribution is 2.18. The molecule has 2 amide bonds. The molecule has 6 heteroatoms. The van der Waals surface area contributed by atoms with Crippen molar-refractivity contribution in [2.75, 3.05) is 18.0 Å². The number of rotatable bonds is 1. The number of amides is 2. The number of imide groups is 1. The Kier molecular flexibility index (Phi) is 2.55. The molecule has 0 radical (unpaired) electrons. The van der Waals surface area contributed by atoms with Crippen molar-refractivity contribution in [2.45, 2.75) is 0 Å². The van der Waals surface area contributed by atoms with Crippen molar-refractivity contribution in [3.05, 3.63) is 29.8 Å². The summed E-state index contributed by atoms with van der Waals surface area (Å²) in [7, 11) is 0. The minimum atomic E-state index is -0.742. The van der Waals surface area contributed by atoms with E-state index in [1.807, 2.05) is 0 Å². The second kappa shape index (κ2) is 3.88. The number of hydrogen-bond donors (Lipinski definition) is 1. The first kappa shape index (κ1) is 10.5. The average Bonchev–Trinajstić information content (AvgIpc) is 2.14. The zero-order valence-corrected chi connectivity index (χ0v) is 8.17. The fourth-order valence-corrected chi connectivity index (χ4v) is 1.54. The van der Waals surface area contributed by atoms with Crippen LogP contribution in [0.3, 0.4) is 0 Å². The van der Waals surface area contributed by atoms with Gasteiger partial charge >= 0.3 is 0 Å². The molecule has 1 fully saturated rings. The number of halogens is 2. The third-order valence-electron chi connectivity index (χ3n) is 2.16. The summed E-state index contributed by atoms with van der Waals surface area (Å²) in [5, 5.41) is 2.10. The van der Waals surface area contributed by atoms with Gasteiger partial charge in [-0.05, 0) is 12.1 Å². The van der Waals surface area contributed by atoms with E-state index in [0.29, 0.717) is 0 Å². The molecule has 0 atom stereocenters. The third kappa shape index (κ3) is 2.16. The number of nitrogens with one attached hydrogen (secondary N) is 1. The zero-order valence-electron chi connectivity index (χ0n) is 8.17. The topological polar surface area (TPSA) is 49.4 Å². The summed E-state index contributed by atoms with van der Waals surface area (Å²) in [5.74, 6) is -2.45. The van der Waals surface area contributed by atoms with Crippen LogP contribution in [0.5, 0.6) is 0 Å². The van der Waals surface area contributed by atoms with E-state index in [4.69, 9.17) is 0 Å². The van der Waals surface area contributed by atoms with E-state index in [-0.39, 0.29) is 18.8 Å². The van der Waals surface area contributed by atoms with Crippen LogP contribution in [-0.4, -0.2) is 24.9 Å². The Bertz CT molecular complexity index is 426. The van der Waals surface area contributed by atoms with E-state index in [2.05, 4.69) is 5.32 Å². The largest absolute Gasteiger partial charge is 0.353 e. The van der Waals surface area contributed by atoms with Crippen LogP contribution in [-0.2, 0) is 9.59 Å². The minimum absolute atomic E-state index is 0.0887.